The van der Waals surface area contributed by atoms with Gasteiger partial charge in [-0.05, 0) is 37.5 Å². The van der Waals surface area contributed by atoms with Crippen LogP contribution in [0.3, 0.4) is 0 Å². The molecule has 2 aromatic rings. The van der Waals surface area contributed by atoms with Crippen LogP contribution in [0.15, 0.2) is 48.7 Å². The van der Waals surface area contributed by atoms with Crippen molar-refractivity contribution < 1.29 is 14.0 Å². The van der Waals surface area contributed by atoms with Crippen LogP contribution in [0.1, 0.15) is 35.3 Å². The van der Waals surface area contributed by atoms with Crippen molar-refractivity contribution in [3.8, 4) is 0 Å². The fourth-order valence-electron chi connectivity index (χ4n) is 4.21. The van der Waals surface area contributed by atoms with E-state index in [1.165, 1.54) is 6.07 Å². The van der Waals surface area contributed by atoms with E-state index in [-0.39, 0.29) is 24.2 Å². The van der Waals surface area contributed by atoms with Gasteiger partial charge in [0.05, 0.1) is 5.41 Å². The van der Waals surface area contributed by atoms with Gasteiger partial charge in [-0.25, -0.2) is 4.39 Å². The van der Waals surface area contributed by atoms with Crippen molar-refractivity contribution in [2.45, 2.75) is 25.8 Å². The fraction of sp³-hybridized carbons (Fsp3) is 0.381. The molecule has 1 spiro atoms. The number of benzene rings is 1. The number of amides is 2. The van der Waals surface area contributed by atoms with Gasteiger partial charge in [-0.15, -0.1) is 0 Å². The van der Waals surface area contributed by atoms with Gasteiger partial charge in [-0.2, -0.15) is 0 Å². The molecule has 0 bridgehead atoms. The maximum Gasteiger partial charge on any atom is 0.272 e. The van der Waals surface area contributed by atoms with Crippen LogP contribution in [-0.4, -0.2) is 46.2 Å². The number of halogens is 1. The quantitative estimate of drug-likeness (QED) is 0.838. The third kappa shape index (κ3) is 3.31. The highest BCUT2D eigenvalue weighted by atomic mass is 19.1. The molecule has 2 aliphatic heterocycles. The van der Waals surface area contributed by atoms with Gasteiger partial charge >= 0.3 is 0 Å². The highest BCUT2D eigenvalue weighted by Crippen LogP contribution is 2.40. The van der Waals surface area contributed by atoms with Gasteiger partial charge in [0.2, 0.25) is 5.91 Å². The second kappa shape index (κ2) is 7.10. The third-order valence-electron chi connectivity index (χ3n) is 5.67. The number of piperidine rings is 1. The van der Waals surface area contributed by atoms with Crippen LogP contribution in [0.2, 0.25) is 0 Å². The predicted octanol–water partition coefficient (Wildman–Crippen LogP) is 2.88. The smallest absolute Gasteiger partial charge is 0.272 e. The molecule has 2 aliphatic rings. The van der Waals surface area contributed by atoms with Crippen molar-refractivity contribution in [1.29, 1.82) is 0 Å². The summed E-state index contributed by atoms with van der Waals surface area (Å²) in [6.45, 7) is 1.87. The summed E-state index contributed by atoms with van der Waals surface area (Å²) in [4.78, 5) is 33.5. The summed E-state index contributed by atoms with van der Waals surface area (Å²) in [5.74, 6) is -0.386. The van der Waals surface area contributed by atoms with E-state index in [0.717, 1.165) is 12.8 Å². The number of nitrogens with zero attached hydrogens (tertiary/aromatic N) is 3. The lowest BCUT2D eigenvalue weighted by Crippen LogP contribution is -2.50. The molecule has 2 saturated heterocycles. The molecular formula is C21H22FN3O2. The Morgan fingerprint density at radius 3 is 2.70 bits per heavy atom. The van der Waals surface area contributed by atoms with Crippen molar-refractivity contribution in [2.75, 3.05) is 19.6 Å². The molecule has 0 radical (unpaired) electrons. The standard InChI is InChI=1S/C21H22FN3O2/c22-17-7-2-1-6-16(17)14-24-12-5-9-21(20(24)27)10-13-25(15-21)19(26)18-8-3-4-11-23-18/h1-4,6-8,11H,5,9-10,12-15H2/t21-/m0/s1. The van der Waals surface area contributed by atoms with Gasteiger partial charge in [0, 0.05) is 37.9 Å². The summed E-state index contributed by atoms with van der Waals surface area (Å²) in [6, 6.07) is 11.8. The minimum absolute atomic E-state index is 0.0355. The van der Waals surface area contributed by atoms with E-state index in [0.29, 0.717) is 37.3 Å². The lowest BCUT2D eigenvalue weighted by molar-refractivity contribution is -0.146. The van der Waals surface area contributed by atoms with Crippen molar-refractivity contribution in [3.63, 3.8) is 0 Å². The maximum absolute atomic E-state index is 14.0. The SMILES string of the molecule is O=C(c1ccccn1)N1CC[C@@]2(CCCN(Cc3ccccc3F)C2=O)C1. The maximum atomic E-state index is 14.0. The van der Waals surface area contributed by atoms with Crippen molar-refractivity contribution in [2.24, 2.45) is 5.41 Å². The average Bonchev–Trinajstić information content (AvgIpc) is 3.12. The number of rotatable bonds is 3. The molecule has 0 saturated carbocycles. The average molecular weight is 367 g/mol. The van der Waals surface area contributed by atoms with Gasteiger partial charge < -0.3 is 9.80 Å². The summed E-state index contributed by atoms with van der Waals surface area (Å²) in [6.07, 6.45) is 3.89. The first-order valence-corrected chi connectivity index (χ1v) is 9.32. The number of hydrogen-bond donors (Lipinski definition) is 0. The lowest BCUT2D eigenvalue weighted by atomic mass is 9.78. The van der Waals surface area contributed by atoms with Crippen LogP contribution >= 0.6 is 0 Å². The second-order valence-corrected chi connectivity index (χ2v) is 7.39. The Hall–Kier alpha value is -2.76. The second-order valence-electron chi connectivity index (χ2n) is 7.39. The summed E-state index contributed by atoms with van der Waals surface area (Å²) in [5.41, 5.74) is 0.386. The van der Waals surface area contributed by atoms with Crippen LogP contribution in [0.5, 0.6) is 0 Å². The van der Waals surface area contributed by atoms with E-state index in [1.807, 2.05) is 0 Å². The van der Waals surface area contributed by atoms with Gasteiger partial charge in [0.1, 0.15) is 11.5 Å². The van der Waals surface area contributed by atoms with E-state index in [9.17, 15) is 14.0 Å². The first-order valence-electron chi connectivity index (χ1n) is 9.32. The molecule has 3 heterocycles. The Kier molecular flexibility index (Phi) is 4.64. The molecule has 2 fully saturated rings. The predicted molar refractivity (Wildman–Crippen MR) is 98.2 cm³/mol. The molecule has 1 atom stereocenters. The Morgan fingerprint density at radius 2 is 1.93 bits per heavy atom. The van der Waals surface area contributed by atoms with Crippen LogP contribution < -0.4 is 0 Å². The number of pyridine rings is 1. The Labute approximate surface area is 157 Å². The Bertz CT molecular complexity index is 858. The first-order chi connectivity index (χ1) is 13.1. The zero-order valence-electron chi connectivity index (χ0n) is 15.1. The zero-order chi connectivity index (χ0) is 18.9. The number of likely N-dealkylation sites (tertiary alicyclic amines) is 2. The Morgan fingerprint density at radius 1 is 1.11 bits per heavy atom. The summed E-state index contributed by atoms with van der Waals surface area (Å²) < 4.78 is 14.0. The number of carbonyl (C=O) groups is 2. The molecule has 0 N–H and O–H groups in total. The topological polar surface area (TPSA) is 53.5 Å². The molecule has 140 valence electrons. The molecule has 1 aromatic carbocycles. The van der Waals surface area contributed by atoms with E-state index < -0.39 is 5.41 Å². The van der Waals surface area contributed by atoms with Crippen LogP contribution in [0.25, 0.3) is 0 Å². The highest BCUT2D eigenvalue weighted by Gasteiger charge is 2.49. The van der Waals surface area contributed by atoms with E-state index in [2.05, 4.69) is 4.98 Å². The normalized spacial score (nSPS) is 22.5. The minimum Gasteiger partial charge on any atom is -0.338 e. The first kappa shape index (κ1) is 17.6. The third-order valence-corrected chi connectivity index (χ3v) is 5.67. The monoisotopic (exact) mass is 367 g/mol. The van der Waals surface area contributed by atoms with Crippen molar-refractivity contribution in [3.05, 3.63) is 65.7 Å². The summed E-state index contributed by atoms with van der Waals surface area (Å²) in [7, 11) is 0. The number of carbonyl (C=O) groups excluding carboxylic acids is 2. The highest BCUT2D eigenvalue weighted by molar-refractivity contribution is 5.93. The van der Waals surface area contributed by atoms with Gasteiger partial charge in [-0.3, -0.25) is 14.6 Å². The van der Waals surface area contributed by atoms with E-state index in [1.54, 1.807) is 52.4 Å². The molecule has 6 heteroatoms. The molecule has 1 aromatic heterocycles. The number of hydrogen-bond acceptors (Lipinski definition) is 3. The van der Waals surface area contributed by atoms with Crippen LogP contribution in [-0.2, 0) is 11.3 Å². The lowest BCUT2D eigenvalue weighted by Gasteiger charge is -2.39. The van der Waals surface area contributed by atoms with Crippen LogP contribution in [0, 0.1) is 11.2 Å². The molecule has 0 unspecified atom stereocenters. The minimum atomic E-state index is -0.548. The molecule has 5 nitrogen and oxygen atoms in total. The molecule has 27 heavy (non-hydrogen) atoms. The van der Waals surface area contributed by atoms with Gasteiger partial charge in [-0.1, -0.05) is 24.3 Å². The van der Waals surface area contributed by atoms with Gasteiger partial charge in [0.25, 0.3) is 5.91 Å². The fourth-order valence-corrected chi connectivity index (χ4v) is 4.21. The molecular weight excluding hydrogens is 345 g/mol. The number of aromatic nitrogens is 1. The molecule has 4 rings (SSSR count). The van der Waals surface area contributed by atoms with E-state index >= 15 is 0 Å². The Balaban J connectivity index is 1.49. The van der Waals surface area contributed by atoms with Crippen molar-refractivity contribution >= 4 is 11.8 Å². The molecule has 0 aliphatic carbocycles. The largest absolute Gasteiger partial charge is 0.338 e. The van der Waals surface area contributed by atoms with E-state index in [4.69, 9.17) is 0 Å². The zero-order valence-corrected chi connectivity index (χ0v) is 15.1. The summed E-state index contributed by atoms with van der Waals surface area (Å²) in [5, 5.41) is 0. The molecule has 2 amide bonds. The van der Waals surface area contributed by atoms with Crippen LogP contribution in [0.4, 0.5) is 4.39 Å². The van der Waals surface area contributed by atoms with Gasteiger partial charge in [0.15, 0.2) is 0 Å². The summed E-state index contributed by atoms with van der Waals surface area (Å²) >= 11 is 0. The van der Waals surface area contributed by atoms with Crippen molar-refractivity contribution in [1.82, 2.24) is 14.8 Å².